The van der Waals surface area contributed by atoms with Crippen molar-refractivity contribution >= 4 is 5.91 Å². The molecule has 0 saturated carbocycles. The van der Waals surface area contributed by atoms with Gasteiger partial charge < -0.3 is 15.1 Å². The van der Waals surface area contributed by atoms with Crippen LogP contribution in [-0.4, -0.2) is 26.0 Å². The molecule has 0 fully saturated rings. The van der Waals surface area contributed by atoms with Gasteiger partial charge in [-0.2, -0.15) is 0 Å². The van der Waals surface area contributed by atoms with Crippen LogP contribution < -0.4 is 10.6 Å². The molecule has 1 rings (SSSR count). The summed E-state index contributed by atoms with van der Waals surface area (Å²) in [7, 11) is 1.87. The van der Waals surface area contributed by atoms with Crippen molar-refractivity contribution in [3.8, 4) is 0 Å². The predicted octanol–water partition coefficient (Wildman–Crippen LogP) is 2.23. The largest absolute Gasteiger partial charge is 0.466 e. The van der Waals surface area contributed by atoms with Crippen LogP contribution >= 0.6 is 0 Å². The van der Waals surface area contributed by atoms with Gasteiger partial charge in [0.05, 0.1) is 5.92 Å². The Hall–Kier alpha value is -1.29. The molecule has 0 aliphatic carbocycles. The number of hydrogen-bond donors (Lipinski definition) is 2. The summed E-state index contributed by atoms with van der Waals surface area (Å²) in [5.41, 5.74) is -0.193. The summed E-state index contributed by atoms with van der Waals surface area (Å²) in [6.45, 7) is 9.40. The molecule has 1 heterocycles. The zero-order chi connectivity index (χ0) is 14.5. The molecule has 2 N–H and O–H groups in total. The minimum absolute atomic E-state index is 0.0270. The Kier molecular flexibility index (Phi) is 5.60. The maximum absolute atomic E-state index is 12.1. The van der Waals surface area contributed by atoms with Gasteiger partial charge in [-0.05, 0) is 32.5 Å². The summed E-state index contributed by atoms with van der Waals surface area (Å²) in [4.78, 5) is 12.1. The zero-order valence-electron chi connectivity index (χ0n) is 12.7. The lowest BCUT2D eigenvalue weighted by Crippen LogP contribution is -2.41. The number of aryl methyl sites for hydroxylation is 1. The highest BCUT2D eigenvalue weighted by Crippen LogP contribution is 2.24. The van der Waals surface area contributed by atoms with Crippen molar-refractivity contribution in [2.45, 2.75) is 39.5 Å². The van der Waals surface area contributed by atoms with E-state index in [1.807, 2.05) is 33.0 Å². The summed E-state index contributed by atoms with van der Waals surface area (Å²) >= 11 is 0. The molecular weight excluding hydrogens is 240 g/mol. The van der Waals surface area contributed by atoms with Gasteiger partial charge in [-0.1, -0.05) is 20.8 Å². The van der Waals surface area contributed by atoms with Gasteiger partial charge in [-0.15, -0.1) is 0 Å². The van der Waals surface area contributed by atoms with Crippen LogP contribution in [-0.2, 0) is 10.2 Å². The topological polar surface area (TPSA) is 54.3 Å². The molecule has 4 heteroatoms. The third-order valence-corrected chi connectivity index (χ3v) is 3.43. The normalized spacial score (nSPS) is 13.3. The monoisotopic (exact) mass is 266 g/mol. The molecule has 0 spiro atoms. The Morgan fingerprint density at radius 2 is 2.11 bits per heavy atom. The van der Waals surface area contributed by atoms with Crippen molar-refractivity contribution in [1.82, 2.24) is 10.6 Å². The molecule has 19 heavy (non-hydrogen) atoms. The fraction of sp³-hybridized carbons (Fsp3) is 0.667. The van der Waals surface area contributed by atoms with Gasteiger partial charge in [0, 0.05) is 18.5 Å². The van der Waals surface area contributed by atoms with Gasteiger partial charge in [0.2, 0.25) is 5.91 Å². The molecule has 1 aromatic rings. The van der Waals surface area contributed by atoms with Crippen LogP contribution in [0.4, 0.5) is 0 Å². The van der Waals surface area contributed by atoms with Crippen LogP contribution in [0.2, 0.25) is 0 Å². The second kappa shape index (κ2) is 6.75. The summed E-state index contributed by atoms with van der Waals surface area (Å²) < 4.78 is 5.65. The molecule has 0 aliphatic heterocycles. The Bertz CT molecular complexity index is 410. The van der Waals surface area contributed by atoms with Gasteiger partial charge in [0.15, 0.2) is 0 Å². The van der Waals surface area contributed by atoms with E-state index in [2.05, 4.69) is 24.5 Å². The van der Waals surface area contributed by atoms with Crippen molar-refractivity contribution in [3.05, 3.63) is 23.7 Å². The van der Waals surface area contributed by atoms with E-state index in [-0.39, 0.29) is 17.2 Å². The molecule has 0 bridgehead atoms. The SMILES string of the molecule is CCC(CNC)C(=O)NCC(C)(C)c1ccc(C)o1. The van der Waals surface area contributed by atoms with Gasteiger partial charge in [-0.25, -0.2) is 0 Å². The second-order valence-corrected chi connectivity index (χ2v) is 5.67. The molecule has 0 radical (unpaired) electrons. The molecule has 0 aromatic carbocycles. The lowest BCUT2D eigenvalue weighted by Gasteiger charge is -2.24. The third kappa shape index (κ3) is 4.39. The van der Waals surface area contributed by atoms with E-state index >= 15 is 0 Å². The number of furan rings is 1. The van der Waals surface area contributed by atoms with Crippen LogP contribution in [0.1, 0.15) is 38.7 Å². The van der Waals surface area contributed by atoms with E-state index in [9.17, 15) is 4.79 Å². The highest BCUT2D eigenvalue weighted by Gasteiger charge is 2.26. The van der Waals surface area contributed by atoms with Crippen LogP contribution in [0, 0.1) is 12.8 Å². The van der Waals surface area contributed by atoms with E-state index < -0.39 is 0 Å². The number of carbonyl (C=O) groups excluding carboxylic acids is 1. The average Bonchev–Trinajstić information content (AvgIpc) is 2.80. The van der Waals surface area contributed by atoms with Gasteiger partial charge in [0.25, 0.3) is 0 Å². The highest BCUT2D eigenvalue weighted by atomic mass is 16.3. The van der Waals surface area contributed by atoms with Crippen molar-refractivity contribution < 1.29 is 9.21 Å². The summed E-state index contributed by atoms with van der Waals surface area (Å²) in [6, 6.07) is 3.93. The summed E-state index contributed by atoms with van der Waals surface area (Å²) in [5.74, 6) is 1.94. The zero-order valence-corrected chi connectivity index (χ0v) is 12.7. The fourth-order valence-electron chi connectivity index (χ4n) is 2.01. The van der Waals surface area contributed by atoms with E-state index in [1.165, 1.54) is 0 Å². The highest BCUT2D eigenvalue weighted by molar-refractivity contribution is 5.78. The van der Waals surface area contributed by atoms with Gasteiger partial charge >= 0.3 is 0 Å². The van der Waals surface area contributed by atoms with Crippen molar-refractivity contribution in [2.24, 2.45) is 5.92 Å². The maximum atomic E-state index is 12.1. The van der Waals surface area contributed by atoms with Crippen LogP contribution in [0.3, 0.4) is 0 Å². The van der Waals surface area contributed by atoms with E-state index in [1.54, 1.807) is 0 Å². The molecule has 1 atom stereocenters. The first kappa shape index (κ1) is 15.8. The molecule has 1 amide bonds. The molecule has 1 unspecified atom stereocenters. The lowest BCUT2D eigenvalue weighted by molar-refractivity contribution is -0.125. The predicted molar refractivity (Wildman–Crippen MR) is 77.2 cm³/mol. The van der Waals surface area contributed by atoms with E-state index in [0.717, 1.165) is 17.9 Å². The number of nitrogens with one attached hydrogen (secondary N) is 2. The maximum Gasteiger partial charge on any atom is 0.224 e. The van der Waals surface area contributed by atoms with E-state index in [4.69, 9.17) is 4.42 Å². The Balaban J connectivity index is 2.57. The lowest BCUT2D eigenvalue weighted by atomic mass is 9.90. The first-order valence-corrected chi connectivity index (χ1v) is 6.90. The van der Waals surface area contributed by atoms with Gasteiger partial charge in [0.1, 0.15) is 11.5 Å². The van der Waals surface area contributed by atoms with Gasteiger partial charge in [-0.3, -0.25) is 4.79 Å². The molecule has 0 saturated heterocycles. The molecule has 108 valence electrons. The summed E-state index contributed by atoms with van der Waals surface area (Å²) in [6.07, 6.45) is 0.840. The number of rotatable bonds is 7. The van der Waals surface area contributed by atoms with Crippen molar-refractivity contribution in [2.75, 3.05) is 20.1 Å². The van der Waals surface area contributed by atoms with Crippen molar-refractivity contribution in [1.29, 1.82) is 0 Å². The molecular formula is C15H26N2O2. The Labute approximate surface area is 116 Å². The Morgan fingerprint density at radius 1 is 1.42 bits per heavy atom. The summed E-state index contributed by atoms with van der Waals surface area (Å²) in [5, 5.41) is 6.08. The third-order valence-electron chi connectivity index (χ3n) is 3.43. The van der Waals surface area contributed by atoms with Crippen molar-refractivity contribution in [3.63, 3.8) is 0 Å². The fourth-order valence-corrected chi connectivity index (χ4v) is 2.01. The number of hydrogen-bond acceptors (Lipinski definition) is 3. The number of amides is 1. The first-order chi connectivity index (χ1) is 8.90. The molecule has 0 aliphatic rings. The molecule has 4 nitrogen and oxygen atoms in total. The van der Waals surface area contributed by atoms with E-state index in [0.29, 0.717) is 13.1 Å². The number of carbonyl (C=O) groups is 1. The Morgan fingerprint density at radius 3 is 2.58 bits per heavy atom. The van der Waals surface area contributed by atoms with Crippen LogP contribution in [0.5, 0.6) is 0 Å². The van der Waals surface area contributed by atoms with Crippen LogP contribution in [0.25, 0.3) is 0 Å². The van der Waals surface area contributed by atoms with Crippen LogP contribution in [0.15, 0.2) is 16.5 Å². The minimum atomic E-state index is -0.193. The first-order valence-electron chi connectivity index (χ1n) is 6.90. The standard InChI is InChI=1S/C15H26N2O2/c1-6-12(9-16-5)14(18)17-10-15(3,4)13-8-7-11(2)19-13/h7-8,12,16H,6,9-10H2,1-5H3,(H,17,18). The molecule has 1 aromatic heterocycles. The second-order valence-electron chi connectivity index (χ2n) is 5.67. The average molecular weight is 266 g/mol. The smallest absolute Gasteiger partial charge is 0.224 e. The quantitative estimate of drug-likeness (QED) is 0.795. The minimum Gasteiger partial charge on any atom is -0.466 e.